The largest absolute Gasteiger partial charge is 0.481 e. The third-order valence-corrected chi connectivity index (χ3v) is 8.19. The molecule has 1 aromatic heterocycles. The van der Waals surface area contributed by atoms with Crippen LogP contribution in [0.5, 0.6) is 0 Å². The summed E-state index contributed by atoms with van der Waals surface area (Å²) in [5, 5.41) is 11.8. The second-order valence-corrected chi connectivity index (χ2v) is 10.6. The van der Waals surface area contributed by atoms with Gasteiger partial charge in [0, 0.05) is 22.4 Å². The number of thiazole rings is 1. The van der Waals surface area contributed by atoms with Crippen molar-refractivity contribution in [3.63, 3.8) is 0 Å². The second kappa shape index (κ2) is 9.09. The summed E-state index contributed by atoms with van der Waals surface area (Å²) in [6.45, 7) is 0. The van der Waals surface area contributed by atoms with Gasteiger partial charge in [0.25, 0.3) is 0 Å². The van der Waals surface area contributed by atoms with Gasteiger partial charge in [-0.1, -0.05) is 47.6 Å². The zero-order valence-corrected chi connectivity index (χ0v) is 17.7. The molecule has 0 fully saturated rings. The summed E-state index contributed by atoms with van der Waals surface area (Å²) in [5.74, 6) is -2.47. The Morgan fingerprint density at radius 2 is 1.71 bits per heavy atom. The van der Waals surface area contributed by atoms with Crippen LogP contribution in [0.4, 0.5) is 0 Å². The first kappa shape index (κ1) is 20.9. The van der Waals surface area contributed by atoms with Crippen LogP contribution in [0, 0.1) is 5.92 Å². The molecule has 0 radical (unpaired) electrons. The van der Waals surface area contributed by atoms with Crippen molar-refractivity contribution in [1.82, 2.24) is 4.98 Å². The SMILES string of the molecule is O=C(O)C(CSc1nccs1)CS(=O)(=O)c1ccc(-c2ccc(Cl)cc2)cc1. The highest BCUT2D eigenvalue weighted by Crippen LogP contribution is 2.26. The first-order chi connectivity index (χ1) is 13.3. The van der Waals surface area contributed by atoms with Gasteiger partial charge in [-0.25, -0.2) is 13.4 Å². The quantitative estimate of drug-likeness (QED) is 0.496. The number of carboxylic acid groups (broad SMARTS) is 1. The van der Waals surface area contributed by atoms with Crippen LogP contribution in [0.3, 0.4) is 0 Å². The summed E-state index contributed by atoms with van der Waals surface area (Å²) in [6, 6.07) is 13.6. The number of carboxylic acids is 1. The number of benzene rings is 2. The molecule has 1 heterocycles. The van der Waals surface area contributed by atoms with Gasteiger partial charge in [-0.3, -0.25) is 4.79 Å². The topological polar surface area (TPSA) is 84.3 Å². The predicted octanol–water partition coefficient (Wildman–Crippen LogP) is 4.73. The van der Waals surface area contributed by atoms with Crippen LogP contribution in [0.1, 0.15) is 0 Å². The predicted molar refractivity (Wildman–Crippen MR) is 113 cm³/mol. The molecule has 3 rings (SSSR count). The fourth-order valence-corrected chi connectivity index (χ4v) is 6.05. The van der Waals surface area contributed by atoms with Gasteiger partial charge in [0.1, 0.15) is 4.34 Å². The maximum absolute atomic E-state index is 12.7. The second-order valence-electron chi connectivity index (χ2n) is 5.96. The van der Waals surface area contributed by atoms with Gasteiger partial charge in [0.15, 0.2) is 9.84 Å². The summed E-state index contributed by atoms with van der Waals surface area (Å²) >= 11 is 8.53. The Morgan fingerprint density at radius 3 is 2.25 bits per heavy atom. The van der Waals surface area contributed by atoms with Crippen LogP contribution in [0.2, 0.25) is 5.02 Å². The average molecular weight is 454 g/mol. The van der Waals surface area contributed by atoms with E-state index in [9.17, 15) is 18.3 Å². The van der Waals surface area contributed by atoms with Gasteiger partial charge in [0.05, 0.1) is 16.6 Å². The third-order valence-electron chi connectivity index (χ3n) is 3.98. The van der Waals surface area contributed by atoms with Crippen molar-refractivity contribution in [3.05, 3.63) is 65.1 Å². The minimum absolute atomic E-state index is 0.107. The molecule has 146 valence electrons. The lowest BCUT2D eigenvalue weighted by atomic mass is 10.1. The highest BCUT2D eigenvalue weighted by Gasteiger charge is 2.27. The maximum atomic E-state index is 12.7. The summed E-state index contributed by atoms with van der Waals surface area (Å²) in [5.41, 5.74) is 1.77. The Morgan fingerprint density at radius 1 is 1.11 bits per heavy atom. The van der Waals surface area contributed by atoms with E-state index in [0.29, 0.717) is 5.02 Å². The van der Waals surface area contributed by atoms with E-state index < -0.39 is 27.5 Å². The van der Waals surface area contributed by atoms with Gasteiger partial charge in [-0.15, -0.1) is 11.3 Å². The van der Waals surface area contributed by atoms with Crippen LogP contribution < -0.4 is 0 Å². The van der Waals surface area contributed by atoms with E-state index in [4.69, 9.17) is 11.6 Å². The minimum Gasteiger partial charge on any atom is -0.481 e. The zero-order chi connectivity index (χ0) is 20.1. The molecule has 1 unspecified atom stereocenters. The lowest BCUT2D eigenvalue weighted by Crippen LogP contribution is -2.26. The molecule has 2 aromatic carbocycles. The molecule has 0 amide bonds. The number of aromatic nitrogens is 1. The van der Waals surface area contributed by atoms with Crippen LogP contribution in [0.15, 0.2) is 69.3 Å². The first-order valence-corrected chi connectivity index (χ1v) is 12.1. The van der Waals surface area contributed by atoms with Gasteiger partial charge in [-0.2, -0.15) is 0 Å². The first-order valence-electron chi connectivity index (χ1n) is 8.19. The van der Waals surface area contributed by atoms with Crippen LogP contribution in [-0.2, 0) is 14.6 Å². The third kappa shape index (κ3) is 5.35. The molecule has 0 aliphatic rings. The molecule has 0 bridgehead atoms. The molecule has 0 aliphatic heterocycles. The van der Waals surface area contributed by atoms with E-state index in [1.807, 2.05) is 12.1 Å². The van der Waals surface area contributed by atoms with E-state index in [1.165, 1.54) is 35.2 Å². The smallest absolute Gasteiger partial charge is 0.308 e. The zero-order valence-electron chi connectivity index (χ0n) is 14.5. The van der Waals surface area contributed by atoms with E-state index in [2.05, 4.69) is 4.98 Å². The maximum Gasteiger partial charge on any atom is 0.308 e. The monoisotopic (exact) mass is 453 g/mol. The lowest BCUT2D eigenvalue weighted by Gasteiger charge is -2.12. The van der Waals surface area contributed by atoms with Gasteiger partial charge >= 0.3 is 5.97 Å². The molecule has 1 atom stereocenters. The van der Waals surface area contributed by atoms with Gasteiger partial charge in [0.2, 0.25) is 0 Å². The van der Waals surface area contributed by atoms with Crippen molar-refractivity contribution in [1.29, 1.82) is 0 Å². The Kier molecular flexibility index (Phi) is 6.77. The molecular formula is C19H16ClNO4S3. The van der Waals surface area contributed by atoms with E-state index in [1.54, 1.807) is 35.8 Å². The fraction of sp³-hybridized carbons (Fsp3) is 0.158. The number of nitrogens with zero attached hydrogens (tertiary/aromatic N) is 1. The number of thioether (sulfide) groups is 1. The summed E-state index contributed by atoms with van der Waals surface area (Å²) < 4.78 is 26.1. The molecule has 0 saturated heterocycles. The minimum atomic E-state index is -3.73. The van der Waals surface area contributed by atoms with Crippen molar-refractivity contribution < 1.29 is 18.3 Å². The molecular weight excluding hydrogens is 438 g/mol. The fourth-order valence-electron chi connectivity index (χ4n) is 2.50. The molecule has 0 spiro atoms. The number of hydrogen-bond donors (Lipinski definition) is 1. The summed E-state index contributed by atoms with van der Waals surface area (Å²) in [7, 11) is -3.73. The lowest BCUT2D eigenvalue weighted by molar-refractivity contribution is -0.140. The summed E-state index contributed by atoms with van der Waals surface area (Å²) in [4.78, 5) is 15.7. The van der Waals surface area contributed by atoms with Crippen LogP contribution >= 0.6 is 34.7 Å². The van der Waals surface area contributed by atoms with Crippen molar-refractivity contribution in [2.75, 3.05) is 11.5 Å². The number of rotatable bonds is 8. The highest BCUT2D eigenvalue weighted by atomic mass is 35.5. The number of sulfone groups is 1. The van der Waals surface area contributed by atoms with Crippen molar-refractivity contribution in [2.45, 2.75) is 9.24 Å². The normalized spacial score (nSPS) is 12.6. The molecule has 0 saturated carbocycles. The van der Waals surface area contributed by atoms with Crippen molar-refractivity contribution in [3.8, 4) is 11.1 Å². The van der Waals surface area contributed by atoms with Crippen LogP contribution in [-0.4, -0.2) is 36.0 Å². The van der Waals surface area contributed by atoms with E-state index >= 15 is 0 Å². The molecule has 9 heteroatoms. The number of aliphatic carboxylic acids is 1. The summed E-state index contributed by atoms with van der Waals surface area (Å²) in [6.07, 6.45) is 1.63. The highest BCUT2D eigenvalue weighted by molar-refractivity contribution is 8.01. The Hall–Kier alpha value is -1.87. The number of hydrogen-bond acceptors (Lipinski definition) is 6. The molecule has 28 heavy (non-hydrogen) atoms. The van der Waals surface area contributed by atoms with Crippen molar-refractivity contribution in [2.24, 2.45) is 5.92 Å². The van der Waals surface area contributed by atoms with Crippen molar-refractivity contribution >= 4 is 50.5 Å². The van der Waals surface area contributed by atoms with Crippen LogP contribution in [0.25, 0.3) is 11.1 Å². The Bertz CT molecular complexity index is 1030. The van der Waals surface area contributed by atoms with E-state index in [-0.39, 0.29) is 10.6 Å². The molecule has 5 nitrogen and oxygen atoms in total. The number of carbonyl (C=O) groups is 1. The molecule has 0 aliphatic carbocycles. The van der Waals surface area contributed by atoms with E-state index in [0.717, 1.165) is 15.5 Å². The van der Waals surface area contributed by atoms with Gasteiger partial charge < -0.3 is 5.11 Å². The molecule has 3 aromatic rings. The average Bonchev–Trinajstić information content (AvgIpc) is 3.19. The Labute approximate surface area is 176 Å². The molecule has 1 N–H and O–H groups in total. The standard InChI is InChI=1S/C19H16ClNO4S3/c20-16-5-1-13(2-6-16)14-3-7-17(8-4-14)28(24,25)12-15(18(22)23)11-27-19-21-9-10-26-19/h1-10,15H,11-12H2,(H,22,23). The van der Waals surface area contributed by atoms with Gasteiger partial charge in [-0.05, 0) is 35.4 Å². The Balaban J connectivity index is 1.73. The number of halogens is 1.